The molecule has 128 valence electrons. The molecule has 2 aliphatic rings. The maximum Gasteiger partial charge on any atom is 0.213 e. The van der Waals surface area contributed by atoms with Crippen LogP contribution in [0.3, 0.4) is 0 Å². The van der Waals surface area contributed by atoms with Gasteiger partial charge in [0.15, 0.2) is 9.84 Å². The molecule has 0 amide bonds. The summed E-state index contributed by atoms with van der Waals surface area (Å²) in [6, 6.07) is 5.28. The van der Waals surface area contributed by atoms with Crippen LogP contribution in [-0.4, -0.2) is 62.1 Å². The molecule has 0 aliphatic carbocycles. The molecule has 0 unspecified atom stereocenters. The standard InChI is InChI=1S/C14H20N2O5S2/c1-2-23(19,20)16-10-14(11-16)12(6-8-22(14,17)18)9-21-13-5-3-4-7-15-13/h3-5,7,12H,2,6,8-11H2,1H3/t12-/m1/s1. The second-order valence-corrected chi connectivity index (χ2v) is 10.7. The fourth-order valence-corrected chi connectivity index (χ4v) is 7.04. The van der Waals surface area contributed by atoms with Crippen molar-refractivity contribution in [3.05, 3.63) is 24.4 Å². The van der Waals surface area contributed by atoms with Gasteiger partial charge in [-0.25, -0.2) is 21.8 Å². The molecule has 2 aliphatic heterocycles. The third-order valence-electron chi connectivity index (χ3n) is 4.81. The average molecular weight is 360 g/mol. The van der Waals surface area contributed by atoms with Crippen LogP contribution in [-0.2, 0) is 19.9 Å². The summed E-state index contributed by atoms with van der Waals surface area (Å²) in [5, 5.41) is 0. The van der Waals surface area contributed by atoms with Crippen LogP contribution in [0, 0.1) is 5.92 Å². The van der Waals surface area contributed by atoms with E-state index in [1.807, 2.05) is 0 Å². The SMILES string of the molecule is CCS(=O)(=O)N1CC2(C1)[C@@H](COc1ccccn1)CCS2(=O)=O. The number of hydrogen-bond donors (Lipinski definition) is 0. The van der Waals surface area contributed by atoms with Crippen LogP contribution in [0.15, 0.2) is 24.4 Å². The largest absolute Gasteiger partial charge is 0.477 e. The molecule has 1 aromatic heterocycles. The first-order chi connectivity index (χ1) is 10.8. The van der Waals surface area contributed by atoms with Crippen LogP contribution in [0.25, 0.3) is 0 Å². The minimum absolute atomic E-state index is 0.0156. The predicted octanol–water partition coefficient (Wildman–Crippen LogP) is 0.299. The zero-order valence-electron chi connectivity index (χ0n) is 12.9. The quantitative estimate of drug-likeness (QED) is 0.750. The van der Waals surface area contributed by atoms with Gasteiger partial charge in [-0.05, 0) is 19.4 Å². The molecule has 0 N–H and O–H groups in total. The van der Waals surface area contributed by atoms with Gasteiger partial charge < -0.3 is 4.74 Å². The second kappa shape index (κ2) is 5.71. The lowest BCUT2D eigenvalue weighted by atomic mass is 9.85. The molecule has 2 fully saturated rings. The van der Waals surface area contributed by atoms with E-state index in [2.05, 4.69) is 4.98 Å². The molecule has 1 atom stereocenters. The number of aromatic nitrogens is 1. The fraction of sp³-hybridized carbons (Fsp3) is 0.643. The number of sulfonamides is 1. The second-order valence-electron chi connectivity index (χ2n) is 6.02. The lowest BCUT2D eigenvalue weighted by molar-refractivity contribution is 0.123. The molecule has 0 saturated carbocycles. The molecule has 2 saturated heterocycles. The lowest BCUT2D eigenvalue weighted by Crippen LogP contribution is -2.69. The first-order valence-electron chi connectivity index (χ1n) is 7.55. The number of pyridine rings is 1. The summed E-state index contributed by atoms with van der Waals surface area (Å²) in [5.41, 5.74) is 0. The van der Waals surface area contributed by atoms with Crippen molar-refractivity contribution in [3.8, 4) is 5.88 Å². The summed E-state index contributed by atoms with van der Waals surface area (Å²) in [6.45, 7) is 1.88. The van der Waals surface area contributed by atoms with Gasteiger partial charge >= 0.3 is 0 Å². The highest BCUT2D eigenvalue weighted by Crippen LogP contribution is 2.45. The van der Waals surface area contributed by atoms with Gasteiger partial charge in [0.25, 0.3) is 0 Å². The summed E-state index contributed by atoms with van der Waals surface area (Å²) in [6.07, 6.45) is 2.10. The summed E-state index contributed by atoms with van der Waals surface area (Å²) >= 11 is 0. The first kappa shape index (κ1) is 16.7. The van der Waals surface area contributed by atoms with E-state index in [0.29, 0.717) is 12.3 Å². The maximum atomic E-state index is 12.5. The van der Waals surface area contributed by atoms with Gasteiger partial charge in [0.2, 0.25) is 15.9 Å². The van der Waals surface area contributed by atoms with Crippen LogP contribution in [0.1, 0.15) is 13.3 Å². The molecule has 3 rings (SSSR count). The minimum atomic E-state index is -3.35. The lowest BCUT2D eigenvalue weighted by Gasteiger charge is -2.48. The highest BCUT2D eigenvalue weighted by Gasteiger charge is 2.63. The predicted molar refractivity (Wildman–Crippen MR) is 85.4 cm³/mol. The Kier molecular flexibility index (Phi) is 4.14. The molecule has 3 heterocycles. The smallest absolute Gasteiger partial charge is 0.213 e. The molecule has 0 aromatic carbocycles. The summed E-state index contributed by atoms with van der Waals surface area (Å²) in [4.78, 5) is 4.06. The van der Waals surface area contributed by atoms with Gasteiger partial charge in [0, 0.05) is 31.3 Å². The Bertz CT molecular complexity index is 771. The van der Waals surface area contributed by atoms with E-state index < -0.39 is 24.6 Å². The molecular formula is C14H20N2O5S2. The van der Waals surface area contributed by atoms with Crippen molar-refractivity contribution in [1.82, 2.24) is 9.29 Å². The summed E-state index contributed by atoms with van der Waals surface area (Å²) < 4.78 is 54.6. The highest BCUT2D eigenvalue weighted by atomic mass is 32.2. The van der Waals surface area contributed by atoms with E-state index in [1.165, 1.54) is 4.31 Å². The highest BCUT2D eigenvalue weighted by molar-refractivity contribution is 7.93. The molecule has 9 heteroatoms. The maximum absolute atomic E-state index is 12.5. The Hall–Kier alpha value is -1.19. The van der Waals surface area contributed by atoms with E-state index in [9.17, 15) is 16.8 Å². The van der Waals surface area contributed by atoms with Gasteiger partial charge in [0.1, 0.15) is 4.75 Å². The number of sulfone groups is 1. The Balaban J connectivity index is 1.74. The molecule has 7 nitrogen and oxygen atoms in total. The van der Waals surface area contributed by atoms with Crippen molar-refractivity contribution in [2.45, 2.75) is 18.1 Å². The number of rotatable bonds is 5. The molecule has 1 spiro atoms. The van der Waals surface area contributed by atoms with Gasteiger partial charge in [0.05, 0.1) is 18.1 Å². The van der Waals surface area contributed by atoms with Crippen molar-refractivity contribution < 1.29 is 21.6 Å². The molecular weight excluding hydrogens is 340 g/mol. The van der Waals surface area contributed by atoms with Crippen molar-refractivity contribution in [3.63, 3.8) is 0 Å². The van der Waals surface area contributed by atoms with Gasteiger partial charge in [-0.15, -0.1) is 0 Å². The van der Waals surface area contributed by atoms with E-state index in [4.69, 9.17) is 4.74 Å². The van der Waals surface area contributed by atoms with Crippen molar-refractivity contribution >= 4 is 19.9 Å². The number of nitrogens with zero attached hydrogens (tertiary/aromatic N) is 2. The van der Waals surface area contributed by atoms with E-state index in [1.54, 1.807) is 31.3 Å². The topological polar surface area (TPSA) is 93.6 Å². The zero-order valence-corrected chi connectivity index (χ0v) is 14.5. The van der Waals surface area contributed by atoms with Crippen molar-refractivity contribution in [2.24, 2.45) is 5.92 Å². The van der Waals surface area contributed by atoms with Crippen LogP contribution >= 0.6 is 0 Å². The molecule has 1 aromatic rings. The van der Waals surface area contributed by atoms with Gasteiger partial charge in [-0.1, -0.05) is 6.07 Å². The van der Waals surface area contributed by atoms with Crippen LogP contribution in [0.4, 0.5) is 0 Å². The van der Waals surface area contributed by atoms with Gasteiger partial charge in [-0.3, -0.25) is 0 Å². The first-order valence-corrected chi connectivity index (χ1v) is 10.8. The summed E-state index contributed by atoms with van der Waals surface area (Å²) in [7, 11) is -6.66. The van der Waals surface area contributed by atoms with Crippen molar-refractivity contribution in [1.29, 1.82) is 0 Å². The summed E-state index contributed by atoms with van der Waals surface area (Å²) in [5.74, 6) is 0.309. The Labute approximate surface area is 136 Å². The fourth-order valence-electron chi connectivity index (χ4n) is 3.26. The number of hydrogen-bond acceptors (Lipinski definition) is 6. The Morgan fingerprint density at radius 1 is 1.39 bits per heavy atom. The van der Waals surface area contributed by atoms with Crippen LogP contribution in [0.5, 0.6) is 5.88 Å². The van der Waals surface area contributed by atoms with Crippen LogP contribution in [0.2, 0.25) is 0 Å². The Morgan fingerprint density at radius 2 is 2.13 bits per heavy atom. The van der Waals surface area contributed by atoms with E-state index in [0.717, 1.165) is 0 Å². The average Bonchev–Trinajstić information content (AvgIpc) is 2.75. The Morgan fingerprint density at radius 3 is 2.74 bits per heavy atom. The van der Waals surface area contributed by atoms with Crippen molar-refractivity contribution in [2.75, 3.05) is 31.2 Å². The third-order valence-corrected chi connectivity index (χ3v) is 9.19. The van der Waals surface area contributed by atoms with E-state index >= 15 is 0 Å². The third kappa shape index (κ3) is 2.74. The zero-order chi connectivity index (χ0) is 16.7. The monoisotopic (exact) mass is 360 g/mol. The van der Waals surface area contributed by atoms with Crippen LogP contribution < -0.4 is 4.74 Å². The molecule has 0 bridgehead atoms. The molecule has 0 radical (unpaired) electrons. The normalized spacial score (nSPS) is 26.0. The van der Waals surface area contributed by atoms with Gasteiger partial charge in [-0.2, -0.15) is 4.31 Å². The molecule has 23 heavy (non-hydrogen) atoms. The minimum Gasteiger partial charge on any atom is -0.477 e. The van der Waals surface area contributed by atoms with E-state index in [-0.39, 0.29) is 37.1 Å². The number of ether oxygens (including phenoxy) is 1.